The second kappa shape index (κ2) is 7.73. The van der Waals surface area contributed by atoms with Crippen LogP contribution in [0.15, 0.2) is 36.4 Å². The van der Waals surface area contributed by atoms with Gasteiger partial charge in [0.25, 0.3) is 0 Å². The summed E-state index contributed by atoms with van der Waals surface area (Å²) in [5.41, 5.74) is 5.08. The van der Waals surface area contributed by atoms with Gasteiger partial charge in [0.1, 0.15) is 12.0 Å². The second-order valence-electron chi connectivity index (χ2n) is 8.28. The molecule has 158 valence electrons. The van der Waals surface area contributed by atoms with Gasteiger partial charge >= 0.3 is 0 Å². The van der Waals surface area contributed by atoms with E-state index in [0.717, 1.165) is 37.1 Å². The molecular formula is C21H27N7O2. The van der Waals surface area contributed by atoms with Gasteiger partial charge in [-0.25, -0.2) is 10.1 Å². The summed E-state index contributed by atoms with van der Waals surface area (Å²) in [5, 5.41) is 16.1. The van der Waals surface area contributed by atoms with Gasteiger partial charge in [-0.3, -0.25) is 19.9 Å². The number of hydrogen-bond donors (Lipinski definition) is 4. The zero-order chi connectivity index (χ0) is 20.7. The monoisotopic (exact) mass is 409 g/mol. The Morgan fingerprint density at radius 2 is 1.97 bits per heavy atom. The average Bonchev–Trinajstić information content (AvgIpc) is 3.48. The Bertz CT molecular complexity index is 938. The van der Waals surface area contributed by atoms with Crippen LogP contribution in [-0.4, -0.2) is 34.3 Å². The molecule has 1 saturated carbocycles. The molecule has 2 amide bonds. The summed E-state index contributed by atoms with van der Waals surface area (Å²) < 4.78 is 1.66. The number of nitrogens with zero attached hydrogens (tertiary/aromatic N) is 3. The van der Waals surface area contributed by atoms with E-state index in [0.29, 0.717) is 12.4 Å². The molecule has 0 radical (unpaired) electrons. The molecule has 3 unspecified atom stereocenters. The van der Waals surface area contributed by atoms with Crippen molar-refractivity contribution in [3.63, 3.8) is 0 Å². The van der Waals surface area contributed by atoms with E-state index in [4.69, 9.17) is 0 Å². The minimum absolute atomic E-state index is 0.0297. The van der Waals surface area contributed by atoms with Gasteiger partial charge in [0.15, 0.2) is 6.29 Å². The van der Waals surface area contributed by atoms with Crippen LogP contribution in [0.5, 0.6) is 0 Å². The number of aromatic nitrogens is 2. The predicted molar refractivity (Wildman–Crippen MR) is 112 cm³/mol. The van der Waals surface area contributed by atoms with Crippen LogP contribution in [0.2, 0.25) is 0 Å². The maximum Gasteiger partial charge on any atom is 0.230 e. The Morgan fingerprint density at radius 1 is 1.20 bits per heavy atom. The smallest absolute Gasteiger partial charge is 0.230 e. The van der Waals surface area contributed by atoms with Gasteiger partial charge in [-0.15, -0.1) is 0 Å². The lowest BCUT2D eigenvalue weighted by atomic mass is 10.0. The van der Waals surface area contributed by atoms with E-state index in [1.807, 2.05) is 48.3 Å². The molecular weight excluding hydrogens is 382 g/mol. The number of hydrogen-bond acceptors (Lipinski definition) is 6. The molecule has 5 rings (SSSR count). The van der Waals surface area contributed by atoms with Crippen molar-refractivity contribution in [2.75, 3.05) is 16.9 Å². The van der Waals surface area contributed by atoms with Crippen molar-refractivity contribution in [2.24, 2.45) is 11.8 Å². The number of hydrazine groups is 1. The zero-order valence-corrected chi connectivity index (χ0v) is 17.0. The van der Waals surface area contributed by atoms with Gasteiger partial charge < -0.3 is 10.6 Å². The van der Waals surface area contributed by atoms with E-state index in [9.17, 15) is 9.59 Å². The summed E-state index contributed by atoms with van der Waals surface area (Å²) >= 11 is 0. The summed E-state index contributed by atoms with van der Waals surface area (Å²) in [7, 11) is 0. The van der Waals surface area contributed by atoms with Crippen LogP contribution < -0.4 is 26.4 Å². The standard InChI is InChI=1S/C21H27N7O2/c1-13-11-17(23-19(29)14-7-5-6-8-14)28(26-13)21-24-18-16(20(30)25-21)12-22-27(18)15-9-3-2-4-10-15/h2-4,9-11,14,16,18,21-22,24H,5-8,12H2,1H3,(H,23,29)(H,25,30). The van der Waals surface area contributed by atoms with Crippen molar-refractivity contribution in [1.82, 2.24) is 25.8 Å². The van der Waals surface area contributed by atoms with Gasteiger partial charge in [0, 0.05) is 18.5 Å². The van der Waals surface area contributed by atoms with Crippen molar-refractivity contribution < 1.29 is 9.59 Å². The first-order chi connectivity index (χ1) is 14.6. The van der Waals surface area contributed by atoms with Crippen LogP contribution in [0.3, 0.4) is 0 Å². The summed E-state index contributed by atoms with van der Waals surface area (Å²) in [6.45, 7) is 2.43. The predicted octanol–water partition coefficient (Wildman–Crippen LogP) is 1.46. The topological polar surface area (TPSA) is 103 Å². The third-order valence-electron chi connectivity index (χ3n) is 6.20. The lowest BCUT2D eigenvalue weighted by Gasteiger charge is -2.37. The number of amides is 2. The van der Waals surface area contributed by atoms with E-state index in [2.05, 4.69) is 26.5 Å². The van der Waals surface area contributed by atoms with Crippen LogP contribution in [0.1, 0.15) is 37.7 Å². The molecule has 3 atom stereocenters. The number of anilines is 2. The number of fused-ring (bicyclic) bond motifs is 1. The lowest BCUT2D eigenvalue weighted by Crippen LogP contribution is -2.61. The largest absolute Gasteiger partial charge is 0.321 e. The van der Waals surface area contributed by atoms with Crippen molar-refractivity contribution in [3.05, 3.63) is 42.1 Å². The highest BCUT2D eigenvalue weighted by Gasteiger charge is 2.45. The minimum Gasteiger partial charge on any atom is -0.321 e. The Labute approximate surface area is 175 Å². The fraction of sp³-hybridized carbons (Fsp3) is 0.476. The highest BCUT2D eigenvalue weighted by atomic mass is 16.2. The molecule has 30 heavy (non-hydrogen) atoms. The fourth-order valence-corrected chi connectivity index (χ4v) is 4.65. The third kappa shape index (κ3) is 3.44. The summed E-state index contributed by atoms with van der Waals surface area (Å²) in [6, 6.07) is 11.8. The van der Waals surface area contributed by atoms with E-state index in [1.54, 1.807) is 4.68 Å². The normalized spacial score (nSPS) is 26.5. The van der Waals surface area contributed by atoms with Gasteiger partial charge in [-0.2, -0.15) is 5.10 Å². The average molecular weight is 409 g/mol. The molecule has 3 aliphatic rings. The SMILES string of the molecule is Cc1cc(NC(=O)C2CCCC2)n(C2NC(=O)C3CNN(c4ccccc4)C3N2)n1. The fourth-order valence-electron chi connectivity index (χ4n) is 4.65. The number of aryl methyl sites for hydroxylation is 1. The summed E-state index contributed by atoms with van der Waals surface area (Å²) in [6.07, 6.45) is 3.27. The first-order valence-corrected chi connectivity index (χ1v) is 10.6. The molecule has 3 fully saturated rings. The molecule has 2 aromatic rings. The number of nitrogens with one attached hydrogen (secondary N) is 4. The molecule has 1 aromatic carbocycles. The van der Waals surface area contributed by atoms with Gasteiger partial charge in [-0.05, 0) is 31.9 Å². The van der Waals surface area contributed by atoms with Crippen LogP contribution in [0.25, 0.3) is 0 Å². The molecule has 1 aromatic heterocycles. The number of benzene rings is 1. The first-order valence-electron chi connectivity index (χ1n) is 10.6. The maximum absolute atomic E-state index is 12.8. The highest BCUT2D eigenvalue weighted by molar-refractivity contribution is 5.92. The Morgan fingerprint density at radius 3 is 2.73 bits per heavy atom. The first kappa shape index (κ1) is 19.1. The Kier molecular flexibility index (Phi) is 4.92. The van der Waals surface area contributed by atoms with Gasteiger partial charge in [0.05, 0.1) is 17.3 Å². The van der Waals surface area contributed by atoms with Gasteiger partial charge in [-0.1, -0.05) is 31.0 Å². The van der Waals surface area contributed by atoms with Crippen molar-refractivity contribution >= 4 is 23.3 Å². The van der Waals surface area contributed by atoms with Crippen molar-refractivity contribution in [3.8, 4) is 0 Å². The Hall–Kier alpha value is -2.91. The highest BCUT2D eigenvalue weighted by Crippen LogP contribution is 2.29. The third-order valence-corrected chi connectivity index (χ3v) is 6.20. The molecule has 1 aliphatic carbocycles. The van der Waals surface area contributed by atoms with Gasteiger partial charge in [0.2, 0.25) is 11.8 Å². The van der Waals surface area contributed by atoms with Crippen LogP contribution in [0, 0.1) is 18.8 Å². The molecule has 2 aliphatic heterocycles. The van der Waals surface area contributed by atoms with Crippen LogP contribution in [0.4, 0.5) is 11.5 Å². The van der Waals surface area contributed by atoms with Crippen LogP contribution in [-0.2, 0) is 9.59 Å². The number of rotatable bonds is 4. The van der Waals surface area contributed by atoms with E-state index in [1.165, 1.54) is 0 Å². The zero-order valence-electron chi connectivity index (χ0n) is 17.0. The van der Waals surface area contributed by atoms with E-state index in [-0.39, 0.29) is 29.8 Å². The number of carbonyl (C=O) groups is 2. The molecule has 4 N–H and O–H groups in total. The van der Waals surface area contributed by atoms with Crippen molar-refractivity contribution in [1.29, 1.82) is 0 Å². The molecule has 3 heterocycles. The number of para-hydroxylation sites is 1. The van der Waals surface area contributed by atoms with Crippen LogP contribution >= 0.6 is 0 Å². The minimum atomic E-state index is -0.558. The molecule has 0 bridgehead atoms. The van der Waals surface area contributed by atoms with E-state index >= 15 is 0 Å². The lowest BCUT2D eigenvalue weighted by molar-refractivity contribution is -0.129. The summed E-state index contributed by atoms with van der Waals surface area (Å²) in [4.78, 5) is 25.5. The van der Waals surface area contributed by atoms with Crippen molar-refractivity contribution in [2.45, 2.75) is 45.1 Å². The molecule has 2 saturated heterocycles. The quantitative estimate of drug-likeness (QED) is 0.610. The number of carbonyl (C=O) groups excluding carboxylic acids is 2. The molecule has 9 heteroatoms. The Balaban J connectivity index is 1.38. The molecule has 9 nitrogen and oxygen atoms in total. The second-order valence-corrected chi connectivity index (χ2v) is 8.28. The maximum atomic E-state index is 12.8. The van der Waals surface area contributed by atoms with E-state index < -0.39 is 6.29 Å². The molecule has 0 spiro atoms. The summed E-state index contributed by atoms with van der Waals surface area (Å²) in [5.74, 6) is 0.407.